The minimum atomic E-state index is -2.94. The first-order valence-electron chi connectivity index (χ1n) is 6.02. The molecular weight excluding hydrogens is 270 g/mol. The van der Waals surface area contributed by atoms with Gasteiger partial charge in [-0.1, -0.05) is 6.92 Å². The molecule has 0 spiro atoms. The summed E-state index contributed by atoms with van der Waals surface area (Å²) in [5.41, 5.74) is 1.13. The van der Waals surface area contributed by atoms with Gasteiger partial charge in [-0.2, -0.15) is 0 Å². The minimum Gasteiger partial charge on any atom is -0.348 e. The van der Waals surface area contributed by atoms with Crippen LogP contribution < -0.4 is 5.32 Å². The van der Waals surface area contributed by atoms with Crippen molar-refractivity contribution in [2.75, 3.05) is 11.5 Å². The number of sulfone groups is 1. The molecular formula is C12H17NO3S2. The Bertz CT molecular complexity index is 560. The summed E-state index contributed by atoms with van der Waals surface area (Å²) in [5, 5.41) is 2.81. The van der Waals surface area contributed by atoms with Gasteiger partial charge in [0, 0.05) is 10.9 Å². The second-order valence-electron chi connectivity index (χ2n) is 4.64. The van der Waals surface area contributed by atoms with Crippen LogP contribution in [0, 0.1) is 6.92 Å². The van der Waals surface area contributed by atoms with Crippen LogP contribution in [0.3, 0.4) is 0 Å². The van der Waals surface area contributed by atoms with Crippen molar-refractivity contribution in [3.8, 4) is 0 Å². The van der Waals surface area contributed by atoms with E-state index >= 15 is 0 Å². The zero-order valence-electron chi connectivity index (χ0n) is 10.5. The van der Waals surface area contributed by atoms with Crippen molar-refractivity contribution < 1.29 is 13.2 Å². The van der Waals surface area contributed by atoms with Crippen molar-refractivity contribution in [1.29, 1.82) is 0 Å². The third kappa shape index (κ3) is 2.92. The highest BCUT2D eigenvalue weighted by atomic mass is 32.2. The molecule has 0 aliphatic carbocycles. The van der Waals surface area contributed by atoms with Crippen LogP contribution >= 0.6 is 11.3 Å². The van der Waals surface area contributed by atoms with Crippen molar-refractivity contribution in [3.63, 3.8) is 0 Å². The molecule has 1 N–H and O–H groups in total. The maximum Gasteiger partial charge on any atom is 0.261 e. The number of nitrogens with one attached hydrogen (secondary N) is 1. The molecule has 100 valence electrons. The van der Waals surface area contributed by atoms with E-state index in [0.29, 0.717) is 11.3 Å². The molecule has 4 nitrogen and oxygen atoms in total. The molecule has 1 atom stereocenters. The maximum absolute atomic E-state index is 12.0. The molecule has 1 aromatic rings. The SMILES string of the molecule is CCc1sc(C(=O)NC2CCS(=O)(=O)C2)cc1C. The van der Waals surface area contributed by atoms with Gasteiger partial charge in [0.15, 0.2) is 9.84 Å². The van der Waals surface area contributed by atoms with Crippen LogP contribution in [0.1, 0.15) is 33.5 Å². The largest absolute Gasteiger partial charge is 0.348 e. The van der Waals surface area contributed by atoms with E-state index < -0.39 is 9.84 Å². The molecule has 0 aromatic carbocycles. The number of thiophene rings is 1. The van der Waals surface area contributed by atoms with Gasteiger partial charge in [-0.25, -0.2) is 8.42 Å². The van der Waals surface area contributed by atoms with Crippen molar-refractivity contribution in [2.24, 2.45) is 0 Å². The van der Waals surface area contributed by atoms with E-state index in [0.717, 1.165) is 12.0 Å². The van der Waals surface area contributed by atoms with Gasteiger partial charge in [-0.05, 0) is 31.4 Å². The van der Waals surface area contributed by atoms with E-state index in [1.807, 2.05) is 13.0 Å². The van der Waals surface area contributed by atoms with Crippen LogP contribution in [-0.4, -0.2) is 31.9 Å². The van der Waals surface area contributed by atoms with Gasteiger partial charge in [0.2, 0.25) is 0 Å². The lowest BCUT2D eigenvalue weighted by Crippen LogP contribution is -2.35. The first-order valence-corrected chi connectivity index (χ1v) is 8.65. The second-order valence-corrected chi connectivity index (χ2v) is 8.01. The van der Waals surface area contributed by atoms with Gasteiger partial charge in [-0.15, -0.1) is 11.3 Å². The Balaban J connectivity index is 2.04. The topological polar surface area (TPSA) is 63.2 Å². The van der Waals surface area contributed by atoms with Crippen LogP contribution in [0.25, 0.3) is 0 Å². The number of amides is 1. The average Bonchev–Trinajstić information content (AvgIpc) is 2.81. The van der Waals surface area contributed by atoms with Crippen LogP contribution in [-0.2, 0) is 16.3 Å². The molecule has 0 radical (unpaired) electrons. The fourth-order valence-corrected chi connectivity index (χ4v) is 4.84. The number of hydrogen-bond donors (Lipinski definition) is 1. The van der Waals surface area contributed by atoms with Gasteiger partial charge in [0.05, 0.1) is 16.4 Å². The Morgan fingerprint density at radius 3 is 2.78 bits per heavy atom. The molecule has 6 heteroatoms. The Morgan fingerprint density at radius 1 is 1.56 bits per heavy atom. The number of carbonyl (C=O) groups is 1. The van der Waals surface area contributed by atoms with Gasteiger partial charge >= 0.3 is 0 Å². The van der Waals surface area contributed by atoms with Gasteiger partial charge < -0.3 is 5.32 Å². The Morgan fingerprint density at radius 2 is 2.28 bits per heavy atom. The molecule has 1 unspecified atom stereocenters. The predicted octanol–water partition coefficient (Wildman–Crippen LogP) is 1.54. The van der Waals surface area contributed by atoms with Crippen LogP contribution in [0.15, 0.2) is 6.07 Å². The zero-order chi connectivity index (χ0) is 13.3. The molecule has 1 amide bonds. The standard InChI is InChI=1S/C12H17NO3S2/c1-3-10-8(2)6-11(17-10)12(14)13-9-4-5-18(15,16)7-9/h6,9H,3-5,7H2,1-2H3,(H,13,14). The maximum atomic E-state index is 12.0. The van der Waals surface area contributed by atoms with Crippen molar-refractivity contribution in [1.82, 2.24) is 5.32 Å². The molecule has 1 saturated heterocycles. The Labute approximate surface area is 111 Å². The lowest BCUT2D eigenvalue weighted by Gasteiger charge is -2.09. The van der Waals surface area contributed by atoms with E-state index in [2.05, 4.69) is 12.2 Å². The smallest absolute Gasteiger partial charge is 0.261 e. The average molecular weight is 287 g/mol. The van der Waals surface area contributed by atoms with Gasteiger partial charge in [0.25, 0.3) is 5.91 Å². The molecule has 1 aromatic heterocycles. The molecule has 0 saturated carbocycles. The summed E-state index contributed by atoms with van der Waals surface area (Å²) >= 11 is 1.49. The Kier molecular flexibility index (Phi) is 3.77. The molecule has 0 bridgehead atoms. The Hall–Kier alpha value is -0.880. The van der Waals surface area contributed by atoms with E-state index in [-0.39, 0.29) is 23.5 Å². The molecule has 1 aliphatic rings. The summed E-state index contributed by atoms with van der Waals surface area (Å²) in [6, 6.07) is 1.65. The molecule has 1 fully saturated rings. The van der Waals surface area contributed by atoms with Gasteiger partial charge in [-0.3, -0.25) is 4.79 Å². The molecule has 2 heterocycles. The quantitative estimate of drug-likeness (QED) is 0.917. The summed E-state index contributed by atoms with van der Waals surface area (Å²) in [4.78, 5) is 13.9. The molecule has 18 heavy (non-hydrogen) atoms. The highest BCUT2D eigenvalue weighted by molar-refractivity contribution is 7.91. The van der Waals surface area contributed by atoms with Crippen LogP contribution in [0.2, 0.25) is 0 Å². The monoisotopic (exact) mass is 287 g/mol. The second kappa shape index (κ2) is 5.01. The van der Waals surface area contributed by atoms with Crippen LogP contribution in [0.4, 0.5) is 0 Å². The van der Waals surface area contributed by atoms with Crippen molar-refractivity contribution in [3.05, 3.63) is 21.4 Å². The highest BCUT2D eigenvalue weighted by Gasteiger charge is 2.29. The van der Waals surface area contributed by atoms with E-state index in [4.69, 9.17) is 0 Å². The summed E-state index contributed by atoms with van der Waals surface area (Å²) in [6.07, 6.45) is 1.45. The van der Waals surface area contributed by atoms with E-state index in [1.54, 1.807) is 0 Å². The highest BCUT2D eigenvalue weighted by Crippen LogP contribution is 2.22. The lowest BCUT2D eigenvalue weighted by atomic mass is 10.2. The first kappa shape index (κ1) is 13.5. The fourth-order valence-electron chi connectivity index (χ4n) is 2.15. The summed E-state index contributed by atoms with van der Waals surface area (Å²) in [5.74, 6) is 0.107. The zero-order valence-corrected chi connectivity index (χ0v) is 12.2. The summed E-state index contributed by atoms with van der Waals surface area (Å²) in [7, 11) is -2.94. The third-order valence-corrected chi connectivity index (χ3v) is 6.28. The third-order valence-electron chi connectivity index (χ3n) is 3.13. The number of aryl methyl sites for hydroxylation is 2. The molecule has 2 rings (SSSR count). The van der Waals surface area contributed by atoms with E-state index in [1.165, 1.54) is 16.2 Å². The van der Waals surface area contributed by atoms with Gasteiger partial charge in [0.1, 0.15) is 0 Å². The first-order chi connectivity index (χ1) is 8.41. The normalized spacial score (nSPS) is 22.0. The number of rotatable bonds is 3. The molecule has 1 aliphatic heterocycles. The lowest BCUT2D eigenvalue weighted by molar-refractivity contribution is 0.0945. The number of carbonyl (C=O) groups excluding carboxylic acids is 1. The summed E-state index contributed by atoms with van der Waals surface area (Å²) in [6.45, 7) is 4.05. The van der Waals surface area contributed by atoms with Crippen molar-refractivity contribution >= 4 is 27.1 Å². The predicted molar refractivity (Wildman–Crippen MR) is 73.0 cm³/mol. The van der Waals surface area contributed by atoms with Crippen molar-refractivity contribution in [2.45, 2.75) is 32.7 Å². The summed E-state index contributed by atoms with van der Waals surface area (Å²) < 4.78 is 22.6. The van der Waals surface area contributed by atoms with Crippen LogP contribution in [0.5, 0.6) is 0 Å². The fraction of sp³-hybridized carbons (Fsp3) is 0.583. The minimum absolute atomic E-state index is 0.0731. The number of hydrogen-bond acceptors (Lipinski definition) is 4. The van der Waals surface area contributed by atoms with E-state index in [9.17, 15) is 13.2 Å².